The van der Waals surface area contributed by atoms with Gasteiger partial charge in [0.05, 0.1) is 0 Å². The van der Waals surface area contributed by atoms with Crippen molar-refractivity contribution in [2.24, 2.45) is 0 Å². The smallest absolute Gasteiger partial charge is 0.241 e. The van der Waals surface area contributed by atoms with Crippen molar-refractivity contribution >= 4 is 18.3 Å². The topological polar surface area (TPSA) is 70.6 Å². The first-order valence-electron chi connectivity index (χ1n) is 8.60. The van der Waals surface area contributed by atoms with E-state index in [0.717, 1.165) is 24.1 Å². The minimum absolute atomic E-state index is 0. The lowest BCUT2D eigenvalue weighted by Gasteiger charge is -2.26. The van der Waals surface area contributed by atoms with Crippen LogP contribution in [0.15, 0.2) is 48.5 Å². The normalized spacial score (nSPS) is 16.8. The number of benzene rings is 2. The largest absolute Gasteiger partial charge is 0.491 e. The molecular formula is C20H25ClN2O3. The molecule has 0 aromatic heterocycles. The Morgan fingerprint density at radius 1 is 1.31 bits per heavy atom. The van der Waals surface area contributed by atoms with E-state index in [0.29, 0.717) is 5.75 Å². The predicted molar refractivity (Wildman–Crippen MR) is 104 cm³/mol. The number of carbonyl (C=O) groups is 1. The van der Waals surface area contributed by atoms with Crippen molar-refractivity contribution in [1.29, 1.82) is 0 Å². The highest BCUT2D eigenvalue weighted by Crippen LogP contribution is 2.22. The fourth-order valence-corrected chi connectivity index (χ4v) is 3.02. The fourth-order valence-electron chi connectivity index (χ4n) is 3.02. The molecule has 0 bridgehead atoms. The van der Waals surface area contributed by atoms with Crippen LogP contribution in [0.5, 0.6) is 5.75 Å². The maximum Gasteiger partial charge on any atom is 0.241 e. The molecule has 0 spiro atoms. The van der Waals surface area contributed by atoms with Gasteiger partial charge in [-0.2, -0.15) is 0 Å². The molecule has 3 N–H and O–H groups in total. The van der Waals surface area contributed by atoms with Gasteiger partial charge in [-0.05, 0) is 42.2 Å². The zero-order valence-corrected chi connectivity index (χ0v) is 15.6. The van der Waals surface area contributed by atoms with Gasteiger partial charge < -0.3 is 20.5 Å². The molecule has 1 aliphatic rings. The lowest BCUT2D eigenvalue weighted by Crippen LogP contribution is -2.44. The monoisotopic (exact) mass is 376 g/mol. The molecule has 26 heavy (non-hydrogen) atoms. The van der Waals surface area contributed by atoms with Crippen molar-refractivity contribution in [1.82, 2.24) is 10.6 Å². The Morgan fingerprint density at radius 3 is 2.92 bits per heavy atom. The summed E-state index contributed by atoms with van der Waals surface area (Å²) in [6.07, 6.45) is 0.163. The SMILES string of the molecule is Cc1cccc(OCC(O)CNC(=O)C2NCCc3ccccc32)c1.Cl. The van der Waals surface area contributed by atoms with Crippen molar-refractivity contribution in [3.05, 3.63) is 65.2 Å². The third-order valence-corrected chi connectivity index (χ3v) is 4.31. The molecule has 5 nitrogen and oxygen atoms in total. The maximum absolute atomic E-state index is 12.5. The first kappa shape index (κ1) is 20.2. The molecule has 3 rings (SSSR count). The second kappa shape index (κ2) is 9.57. The molecule has 0 radical (unpaired) electrons. The number of ether oxygens (including phenoxy) is 1. The quantitative estimate of drug-likeness (QED) is 0.722. The molecule has 0 aliphatic carbocycles. The van der Waals surface area contributed by atoms with E-state index < -0.39 is 6.10 Å². The average molecular weight is 377 g/mol. The molecule has 1 amide bonds. The molecule has 6 heteroatoms. The summed E-state index contributed by atoms with van der Waals surface area (Å²) in [6.45, 7) is 3.05. The van der Waals surface area contributed by atoms with E-state index in [1.54, 1.807) is 0 Å². The fraction of sp³-hybridized carbons (Fsp3) is 0.350. The second-order valence-electron chi connectivity index (χ2n) is 6.36. The van der Waals surface area contributed by atoms with Crippen molar-refractivity contribution < 1.29 is 14.6 Å². The number of aliphatic hydroxyl groups is 1. The summed E-state index contributed by atoms with van der Waals surface area (Å²) in [7, 11) is 0. The Hall–Kier alpha value is -2.08. The van der Waals surface area contributed by atoms with E-state index in [1.807, 2.05) is 49.4 Å². The van der Waals surface area contributed by atoms with Crippen LogP contribution in [0.1, 0.15) is 22.7 Å². The van der Waals surface area contributed by atoms with Crippen LogP contribution >= 0.6 is 12.4 Å². The van der Waals surface area contributed by atoms with Gasteiger partial charge in [0.15, 0.2) is 0 Å². The number of rotatable bonds is 6. The highest BCUT2D eigenvalue weighted by atomic mass is 35.5. The van der Waals surface area contributed by atoms with Crippen LogP contribution in [-0.4, -0.2) is 36.8 Å². The Bertz CT molecular complexity index is 739. The van der Waals surface area contributed by atoms with Crippen LogP contribution in [0.2, 0.25) is 0 Å². The van der Waals surface area contributed by atoms with E-state index in [1.165, 1.54) is 5.56 Å². The second-order valence-corrected chi connectivity index (χ2v) is 6.36. The van der Waals surface area contributed by atoms with Crippen molar-refractivity contribution in [3.63, 3.8) is 0 Å². The van der Waals surface area contributed by atoms with Gasteiger partial charge in [-0.15, -0.1) is 12.4 Å². The number of nitrogens with one attached hydrogen (secondary N) is 2. The molecule has 0 saturated carbocycles. The standard InChI is InChI=1S/C20H24N2O3.ClH/c1-14-5-4-7-17(11-14)25-13-16(23)12-22-20(24)19-18-8-3-2-6-15(18)9-10-21-19;/h2-8,11,16,19,21,23H,9-10,12-13H2,1H3,(H,22,24);1H. The van der Waals surface area contributed by atoms with Gasteiger partial charge in [-0.3, -0.25) is 4.79 Å². The summed E-state index contributed by atoms with van der Waals surface area (Å²) in [6, 6.07) is 15.3. The summed E-state index contributed by atoms with van der Waals surface area (Å²) in [5.74, 6) is 0.593. The molecule has 2 aromatic rings. The van der Waals surface area contributed by atoms with E-state index in [2.05, 4.69) is 16.7 Å². The molecule has 2 unspecified atom stereocenters. The van der Waals surface area contributed by atoms with Gasteiger partial charge in [-0.25, -0.2) is 0 Å². The molecular weight excluding hydrogens is 352 g/mol. The van der Waals surface area contributed by atoms with Gasteiger partial charge in [0.25, 0.3) is 0 Å². The Labute approximate surface area is 160 Å². The molecule has 1 aliphatic heterocycles. The van der Waals surface area contributed by atoms with Crippen LogP contribution in [0.25, 0.3) is 0 Å². The highest BCUT2D eigenvalue weighted by molar-refractivity contribution is 5.85. The minimum atomic E-state index is -0.761. The van der Waals surface area contributed by atoms with Crippen LogP contribution in [0, 0.1) is 6.92 Å². The van der Waals surface area contributed by atoms with Crippen LogP contribution in [-0.2, 0) is 11.2 Å². The van der Waals surface area contributed by atoms with Crippen LogP contribution < -0.4 is 15.4 Å². The molecule has 1 heterocycles. The van der Waals surface area contributed by atoms with Gasteiger partial charge in [0.1, 0.15) is 24.5 Å². The minimum Gasteiger partial charge on any atom is -0.491 e. The highest BCUT2D eigenvalue weighted by Gasteiger charge is 2.25. The Morgan fingerprint density at radius 2 is 2.12 bits per heavy atom. The zero-order chi connectivity index (χ0) is 17.6. The van der Waals surface area contributed by atoms with Gasteiger partial charge in [0.2, 0.25) is 5.91 Å². The van der Waals surface area contributed by atoms with Crippen molar-refractivity contribution in [2.75, 3.05) is 19.7 Å². The summed E-state index contributed by atoms with van der Waals surface area (Å²) in [5, 5.41) is 16.1. The van der Waals surface area contributed by atoms with Crippen molar-refractivity contribution in [2.45, 2.75) is 25.5 Å². The Kier molecular flexibility index (Phi) is 7.45. The Balaban J connectivity index is 0.00000243. The molecule has 140 valence electrons. The molecule has 2 aromatic carbocycles. The number of fused-ring (bicyclic) bond motifs is 1. The summed E-state index contributed by atoms with van der Waals surface area (Å²) >= 11 is 0. The molecule has 0 fully saturated rings. The van der Waals surface area contributed by atoms with E-state index in [9.17, 15) is 9.90 Å². The van der Waals surface area contributed by atoms with Crippen LogP contribution in [0.4, 0.5) is 0 Å². The number of aryl methyl sites for hydroxylation is 1. The van der Waals surface area contributed by atoms with Gasteiger partial charge in [0, 0.05) is 13.1 Å². The number of aliphatic hydroxyl groups excluding tert-OH is 1. The molecule has 0 saturated heterocycles. The molecule has 2 atom stereocenters. The zero-order valence-electron chi connectivity index (χ0n) is 14.8. The lowest BCUT2D eigenvalue weighted by atomic mass is 9.94. The number of amides is 1. The summed E-state index contributed by atoms with van der Waals surface area (Å²) in [4.78, 5) is 12.5. The summed E-state index contributed by atoms with van der Waals surface area (Å²) in [5.41, 5.74) is 3.31. The van der Waals surface area contributed by atoms with Crippen molar-refractivity contribution in [3.8, 4) is 5.75 Å². The van der Waals surface area contributed by atoms with E-state index in [4.69, 9.17) is 4.74 Å². The van der Waals surface area contributed by atoms with Crippen LogP contribution in [0.3, 0.4) is 0 Å². The van der Waals surface area contributed by atoms with Gasteiger partial charge >= 0.3 is 0 Å². The van der Waals surface area contributed by atoms with Gasteiger partial charge in [-0.1, -0.05) is 36.4 Å². The number of carbonyl (C=O) groups excluding carboxylic acids is 1. The number of hydrogen-bond acceptors (Lipinski definition) is 4. The first-order valence-corrected chi connectivity index (χ1v) is 8.60. The number of hydrogen-bond donors (Lipinski definition) is 3. The van der Waals surface area contributed by atoms with E-state index in [-0.39, 0.29) is 37.5 Å². The number of halogens is 1. The first-order chi connectivity index (χ1) is 12.1. The third kappa shape index (κ3) is 5.21. The maximum atomic E-state index is 12.5. The predicted octanol–water partition coefficient (Wildman–Crippen LogP) is 2.16. The van der Waals surface area contributed by atoms with E-state index >= 15 is 0 Å². The third-order valence-electron chi connectivity index (χ3n) is 4.31. The average Bonchev–Trinajstić information content (AvgIpc) is 2.64. The lowest BCUT2D eigenvalue weighted by molar-refractivity contribution is -0.124. The summed E-state index contributed by atoms with van der Waals surface area (Å²) < 4.78 is 5.57.